The van der Waals surface area contributed by atoms with E-state index in [1.165, 1.54) is 0 Å². The van der Waals surface area contributed by atoms with Gasteiger partial charge >= 0.3 is 48.9 Å². The van der Waals surface area contributed by atoms with Gasteiger partial charge in [0.1, 0.15) is 0 Å². The van der Waals surface area contributed by atoms with Crippen molar-refractivity contribution in [1.29, 1.82) is 0 Å². The van der Waals surface area contributed by atoms with Gasteiger partial charge in [0.2, 0.25) is 0 Å². The Morgan fingerprint density at radius 2 is 1.60 bits per heavy atom. The van der Waals surface area contributed by atoms with Gasteiger partial charge in [-0.15, -0.1) is 0 Å². The molecule has 37 valence electrons. The van der Waals surface area contributed by atoms with Gasteiger partial charge in [-0.2, -0.15) is 0 Å². The van der Waals surface area contributed by atoms with Crippen molar-refractivity contribution in [1.82, 2.24) is 0 Å². The molecule has 0 amide bonds. The van der Waals surface area contributed by atoms with Crippen LogP contribution in [0.4, 0.5) is 0 Å². The summed E-state index contributed by atoms with van der Waals surface area (Å²) in [5.41, 5.74) is 0. The van der Waals surface area contributed by atoms with Gasteiger partial charge in [-0.1, -0.05) is 0 Å². The van der Waals surface area contributed by atoms with Gasteiger partial charge in [0.05, 0.1) is 0 Å². The van der Waals surface area contributed by atoms with Gasteiger partial charge in [-0.25, -0.2) is 0 Å². The zero-order chi connectivity index (χ0) is 4.12. The van der Waals surface area contributed by atoms with Crippen LogP contribution in [0, 0.1) is 0 Å². The monoisotopic (exact) mass is 327 g/mol. The Labute approximate surface area is 48.9 Å². The number of hydrogen-bond acceptors (Lipinski definition) is 0. The molecule has 0 aliphatic carbocycles. The van der Waals surface area contributed by atoms with Crippen LogP contribution >= 0.6 is 30.2 Å². The average Bonchev–Trinajstić information content (AvgIpc) is 1.41. The summed E-state index contributed by atoms with van der Waals surface area (Å²) in [6, 6.07) is 0. The van der Waals surface area contributed by atoms with Crippen molar-refractivity contribution < 1.29 is 18.7 Å². The molecule has 4 atom stereocenters. The Bertz CT molecular complexity index is 11.1. The summed E-state index contributed by atoms with van der Waals surface area (Å²) in [4.78, 5) is 0. The van der Waals surface area contributed by atoms with E-state index in [1.807, 2.05) is 0 Å². The molecule has 0 rings (SSSR count). The van der Waals surface area contributed by atoms with Gasteiger partial charge in [0.15, 0.2) is 0 Å². The second-order valence-corrected chi connectivity index (χ2v) is 18.4. The molecule has 0 aliphatic rings. The van der Waals surface area contributed by atoms with Gasteiger partial charge in [0, 0.05) is 0 Å². The first-order chi connectivity index (χ1) is 2.41. The minimum absolute atomic E-state index is 0.701. The van der Waals surface area contributed by atoms with Crippen molar-refractivity contribution in [2.75, 3.05) is 0 Å². The summed E-state index contributed by atoms with van der Waals surface area (Å²) < 4.78 is 0. The molecule has 0 fully saturated rings. The molecule has 0 heterocycles. The van der Waals surface area contributed by atoms with E-state index in [0.29, 0.717) is 18.7 Å². The zero-order valence-electron chi connectivity index (χ0n) is 2.46. The normalized spacial score (nSPS) is 14.0. The van der Waals surface area contributed by atoms with Gasteiger partial charge in [-0.3, -0.25) is 0 Å². The van der Waals surface area contributed by atoms with Crippen LogP contribution in [0.1, 0.15) is 0 Å². The third kappa shape index (κ3) is 6.46. The van der Waals surface area contributed by atoms with Crippen molar-refractivity contribution in [3.05, 3.63) is 0 Å². The number of hydrogen-bond donors (Lipinski definition) is 0. The van der Waals surface area contributed by atoms with Crippen LogP contribution in [0.3, 0.4) is 0 Å². The van der Waals surface area contributed by atoms with E-state index < -0.39 is 0 Å². The topological polar surface area (TPSA) is 0 Å². The molecule has 0 aliphatic heterocycles. The van der Waals surface area contributed by atoms with Crippen LogP contribution in [0.15, 0.2) is 0 Å². The first-order valence-corrected chi connectivity index (χ1v) is 12.6. The molecule has 0 nitrogen and oxygen atoms in total. The van der Waals surface area contributed by atoms with Crippen molar-refractivity contribution in [3.8, 4) is 0 Å². The Hall–Kier alpha value is 2.46. The summed E-state index contributed by atoms with van der Waals surface area (Å²) in [5.74, 6) is 0. The quantitative estimate of drug-likeness (QED) is 0.536. The Morgan fingerprint density at radius 3 is 1.60 bits per heavy atom. The first-order valence-electron chi connectivity index (χ1n) is 0.879. The predicted octanol–water partition coefficient (Wildman–Crippen LogP) is 1.84. The molecule has 0 spiro atoms. The fraction of sp³-hybridized carbons (Fsp3) is 0. The van der Waals surface area contributed by atoms with E-state index in [-0.39, 0.29) is 0 Å². The van der Waals surface area contributed by atoms with Gasteiger partial charge in [-0.05, 0) is 0 Å². The second kappa shape index (κ2) is 6.46. The van der Waals surface area contributed by atoms with Crippen LogP contribution in [0.5, 0.6) is 0 Å². The van der Waals surface area contributed by atoms with Crippen molar-refractivity contribution >= 4 is 30.2 Å². The molecule has 4 unspecified atom stereocenters. The van der Waals surface area contributed by atoms with Crippen molar-refractivity contribution in [2.24, 2.45) is 0 Å². The average molecular weight is 327 g/mol. The zero-order valence-corrected chi connectivity index (χ0v) is 8.93. The van der Waals surface area contributed by atoms with E-state index in [1.54, 1.807) is 0 Å². The van der Waals surface area contributed by atoms with Crippen LogP contribution in [0.2, 0.25) is 0 Å². The third-order valence-corrected chi connectivity index (χ3v) is 19.2. The fourth-order valence-corrected chi connectivity index (χ4v) is 16.7. The molecule has 0 radical (unpaired) electrons. The number of rotatable bonds is 2. The molecule has 0 aromatic carbocycles. The van der Waals surface area contributed by atoms with E-state index in [9.17, 15) is 0 Å². The SMILES string of the molecule is P[PH][Au][PH]P. The second-order valence-electron chi connectivity index (χ2n) is 0.249. The molecule has 5 heteroatoms. The van der Waals surface area contributed by atoms with Crippen LogP contribution in [-0.2, 0) is 18.7 Å². The van der Waals surface area contributed by atoms with Crippen LogP contribution < -0.4 is 0 Å². The van der Waals surface area contributed by atoms with Crippen molar-refractivity contribution in [2.45, 2.75) is 0 Å². The summed E-state index contributed by atoms with van der Waals surface area (Å²) in [5, 5.41) is 0. The molecule has 0 bridgehead atoms. The molecular weight excluding hydrogens is 321 g/mol. The van der Waals surface area contributed by atoms with E-state index >= 15 is 0 Å². The molecule has 0 saturated carbocycles. The third-order valence-electron chi connectivity index (χ3n) is 0.0870. The molecule has 0 aromatic heterocycles. The van der Waals surface area contributed by atoms with Crippen molar-refractivity contribution in [3.63, 3.8) is 0 Å². The summed E-state index contributed by atoms with van der Waals surface area (Å²) in [7, 11) is 5.53. The maximum atomic E-state index is 2.76. The maximum absolute atomic E-state index is 2.76. The predicted molar refractivity (Wildman–Crippen MR) is 36.1 cm³/mol. The first kappa shape index (κ1) is 7.46. The summed E-state index contributed by atoms with van der Waals surface area (Å²) >= 11 is 0.701. The van der Waals surface area contributed by atoms with Gasteiger partial charge < -0.3 is 0 Å². The standard InChI is InChI=1S/Au.2H3P2/c;2*1-2/h;2*1H,2H2/q+2;2*-1. The van der Waals surface area contributed by atoms with Gasteiger partial charge in [0.25, 0.3) is 0 Å². The molecule has 0 aromatic rings. The van der Waals surface area contributed by atoms with E-state index in [4.69, 9.17) is 0 Å². The van der Waals surface area contributed by atoms with Crippen LogP contribution in [0.25, 0.3) is 0 Å². The van der Waals surface area contributed by atoms with E-state index in [2.05, 4.69) is 17.9 Å². The Balaban J connectivity index is 2.19. The minimum atomic E-state index is 0.701. The Morgan fingerprint density at radius 1 is 1.20 bits per heavy atom. The summed E-state index contributed by atoms with van der Waals surface area (Å²) in [6.45, 7) is 0. The molecule has 0 saturated heterocycles. The summed E-state index contributed by atoms with van der Waals surface area (Å²) in [6.07, 6.45) is 2.33. The Kier molecular flexibility index (Phi) is 9.64. The molecule has 5 heavy (non-hydrogen) atoms. The van der Waals surface area contributed by atoms with E-state index in [0.717, 1.165) is 12.3 Å². The fourth-order valence-electron chi connectivity index (χ4n) is 0.0251. The molecular formula is H6AuP4. The van der Waals surface area contributed by atoms with Crippen LogP contribution in [-0.4, -0.2) is 0 Å². The molecule has 0 N–H and O–H groups in total.